The Hall–Kier alpha value is -1.26. The molecule has 1 aliphatic rings. The summed E-state index contributed by atoms with van der Waals surface area (Å²) in [4.78, 5) is 15.4. The molecule has 1 fully saturated rings. The minimum absolute atomic E-state index is 0.155. The third-order valence-corrected chi connectivity index (χ3v) is 3.36. The second-order valence-corrected chi connectivity index (χ2v) is 4.78. The molecule has 4 nitrogen and oxygen atoms in total. The van der Waals surface area contributed by atoms with Gasteiger partial charge in [-0.05, 0) is 17.7 Å². The van der Waals surface area contributed by atoms with Gasteiger partial charge < -0.3 is 10.6 Å². The van der Waals surface area contributed by atoms with Crippen molar-refractivity contribution in [3.8, 4) is 0 Å². The van der Waals surface area contributed by atoms with E-state index in [0.717, 1.165) is 18.7 Å². The van der Waals surface area contributed by atoms with Crippen molar-refractivity contribution < 1.29 is 4.79 Å². The van der Waals surface area contributed by atoms with E-state index in [2.05, 4.69) is 4.90 Å². The Balaban J connectivity index is 2.04. The number of nitrogens with zero attached hydrogens (tertiary/aromatic N) is 2. The maximum absolute atomic E-state index is 11.6. The zero-order chi connectivity index (χ0) is 12.4. The number of anilines is 1. The quantitative estimate of drug-likeness (QED) is 0.806. The van der Waals surface area contributed by atoms with Gasteiger partial charge in [0.25, 0.3) is 0 Å². The summed E-state index contributed by atoms with van der Waals surface area (Å²) in [7, 11) is 1.83. The van der Waals surface area contributed by atoms with Crippen LogP contribution in [0.2, 0.25) is 5.02 Å². The molecule has 0 atom stereocenters. The van der Waals surface area contributed by atoms with E-state index in [9.17, 15) is 4.79 Å². The van der Waals surface area contributed by atoms with Crippen LogP contribution in [0.3, 0.4) is 0 Å². The zero-order valence-electron chi connectivity index (χ0n) is 9.82. The molecular formula is C12H16ClN3O. The maximum Gasteiger partial charge on any atom is 0.236 e. The molecule has 0 aliphatic carbocycles. The molecule has 2 N–H and O–H groups in total. The number of nitrogen functional groups attached to an aromatic ring is 1. The lowest BCUT2D eigenvalue weighted by Gasteiger charge is -2.32. The van der Waals surface area contributed by atoms with Crippen LogP contribution in [0.15, 0.2) is 18.2 Å². The smallest absolute Gasteiger partial charge is 0.236 e. The van der Waals surface area contributed by atoms with Crippen molar-refractivity contribution >= 4 is 23.2 Å². The fourth-order valence-electron chi connectivity index (χ4n) is 1.87. The van der Waals surface area contributed by atoms with Gasteiger partial charge in [-0.3, -0.25) is 9.69 Å². The lowest BCUT2D eigenvalue weighted by Crippen LogP contribution is -2.47. The normalized spacial score (nSPS) is 17.5. The molecule has 0 bridgehead atoms. The molecule has 1 aromatic rings. The Labute approximate surface area is 106 Å². The Morgan fingerprint density at radius 3 is 2.82 bits per heavy atom. The van der Waals surface area contributed by atoms with E-state index in [4.69, 9.17) is 17.3 Å². The highest BCUT2D eigenvalue weighted by Crippen LogP contribution is 2.21. The van der Waals surface area contributed by atoms with Gasteiger partial charge in [0.2, 0.25) is 5.91 Å². The fraction of sp³-hybridized carbons (Fsp3) is 0.417. The highest BCUT2D eigenvalue weighted by Gasteiger charge is 2.21. The van der Waals surface area contributed by atoms with E-state index in [1.807, 2.05) is 19.2 Å². The number of halogens is 1. The van der Waals surface area contributed by atoms with Gasteiger partial charge in [0.05, 0.1) is 6.54 Å². The molecule has 2 rings (SSSR count). The van der Waals surface area contributed by atoms with E-state index in [-0.39, 0.29) is 5.91 Å². The van der Waals surface area contributed by atoms with E-state index < -0.39 is 0 Å². The average Bonchev–Trinajstić information content (AvgIpc) is 2.27. The molecule has 0 spiro atoms. The molecule has 1 aromatic carbocycles. The van der Waals surface area contributed by atoms with Crippen LogP contribution in [0.4, 0.5) is 5.69 Å². The van der Waals surface area contributed by atoms with Crippen LogP contribution in [-0.4, -0.2) is 42.4 Å². The van der Waals surface area contributed by atoms with Crippen LogP contribution in [-0.2, 0) is 11.3 Å². The third kappa shape index (κ3) is 2.90. The largest absolute Gasteiger partial charge is 0.399 e. The summed E-state index contributed by atoms with van der Waals surface area (Å²) in [5.41, 5.74) is 7.31. The molecule has 17 heavy (non-hydrogen) atoms. The molecule has 1 aliphatic heterocycles. The number of nitrogens with two attached hydrogens (primary N) is 1. The first-order valence-corrected chi connectivity index (χ1v) is 5.94. The molecular weight excluding hydrogens is 238 g/mol. The maximum atomic E-state index is 11.6. The molecule has 0 aromatic heterocycles. The predicted molar refractivity (Wildman–Crippen MR) is 68.8 cm³/mol. The third-order valence-electron chi connectivity index (χ3n) is 3.01. The number of rotatable bonds is 2. The minimum atomic E-state index is 0.155. The highest BCUT2D eigenvalue weighted by molar-refractivity contribution is 6.31. The van der Waals surface area contributed by atoms with Crippen LogP contribution in [0, 0.1) is 0 Å². The molecule has 0 radical (unpaired) electrons. The number of carbonyl (C=O) groups is 1. The summed E-state index contributed by atoms with van der Waals surface area (Å²) in [6, 6.07) is 5.49. The van der Waals surface area contributed by atoms with Crippen molar-refractivity contribution in [1.82, 2.24) is 9.80 Å². The standard InChI is InChI=1S/C12H16ClN3O/c1-15-4-5-16(8-12(15)17)7-9-2-3-10(14)6-11(9)13/h2-3,6H,4-5,7-8,14H2,1H3. The van der Waals surface area contributed by atoms with Crippen molar-refractivity contribution in [3.63, 3.8) is 0 Å². The van der Waals surface area contributed by atoms with Crippen molar-refractivity contribution in [2.45, 2.75) is 6.54 Å². The van der Waals surface area contributed by atoms with Gasteiger partial charge in [-0.15, -0.1) is 0 Å². The van der Waals surface area contributed by atoms with Crippen LogP contribution in [0.5, 0.6) is 0 Å². The summed E-state index contributed by atoms with van der Waals surface area (Å²) in [6.07, 6.45) is 0. The minimum Gasteiger partial charge on any atom is -0.399 e. The average molecular weight is 254 g/mol. The van der Waals surface area contributed by atoms with Gasteiger partial charge in [0, 0.05) is 37.4 Å². The van der Waals surface area contributed by atoms with Crippen LogP contribution >= 0.6 is 11.6 Å². The van der Waals surface area contributed by atoms with E-state index in [1.54, 1.807) is 11.0 Å². The lowest BCUT2D eigenvalue weighted by molar-refractivity contribution is -0.134. The molecule has 1 amide bonds. The topological polar surface area (TPSA) is 49.6 Å². The van der Waals surface area contributed by atoms with Gasteiger partial charge in [0.1, 0.15) is 0 Å². The second kappa shape index (κ2) is 4.94. The number of benzene rings is 1. The van der Waals surface area contributed by atoms with E-state index >= 15 is 0 Å². The van der Waals surface area contributed by atoms with Gasteiger partial charge in [0.15, 0.2) is 0 Å². The first-order valence-electron chi connectivity index (χ1n) is 5.56. The SMILES string of the molecule is CN1CCN(Cc2ccc(N)cc2Cl)CC1=O. The summed E-state index contributed by atoms with van der Waals surface area (Å²) in [5.74, 6) is 0.155. The lowest BCUT2D eigenvalue weighted by atomic mass is 10.2. The Kier molecular flexibility index (Phi) is 3.54. The Morgan fingerprint density at radius 1 is 1.41 bits per heavy atom. The van der Waals surface area contributed by atoms with Crippen molar-refractivity contribution in [2.75, 3.05) is 32.4 Å². The van der Waals surface area contributed by atoms with Crippen molar-refractivity contribution in [1.29, 1.82) is 0 Å². The molecule has 0 saturated carbocycles. The number of piperazine rings is 1. The number of hydrogen-bond donors (Lipinski definition) is 1. The zero-order valence-corrected chi connectivity index (χ0v) is 10.6. The van der Waals surface area contributed by atoms with Gasteiger partial charge >= 0.3 is 0 Å². The highest BCUT2D eigenvalue weighted by atomic mass is 35.5. The van der Waals surface area contributed by atoms with Crippen molar-refractivity contribution in [3.05, 3.63) is 28.8 Å². The molecule has 0 unspecified atom stereocenters. The second-order valence-electron chi connectivity index (χ2n) is 4.38. The monoisotopic (exact) mass is 253 g/mol. The summed E-state index contributed by atoms with van der Waals surface area (Å²) < 4.78 is 0. The van der Waals surface area contributed by atoms with Gasteiger partial charge in [-0.25, -0.2) is 0 Å². The number of carbonyl (C=O) groups excluding carboxylic acids is 1. The molecule has 92 valence electrons. The number of likely N-dealkylation sites (N-methyl/N-ethyl adjacent to an activating group) is 1. The van der Waals surface area contributed by atoms with Crippen molar-refractivity contribution in [2.24, 2.45) is 0 Å². The predicted octanol–water partition coefficient (Wildman–Crippen LogP) is 1.20. The number of amides is 1. The van der Waals surface area contributed by atoms with E-state index in [1.165, 1.54) is 0 Å². The molecule has 5 heteroatoms. The van der Waals surface area contributed by atoms with Crippen LogP contribution < -0.4 is 5.73 Å². The molecule has 1 heterocycles. The first kappa shape index (κ1) is 12.2. The fourth-order valence-corrected chi connectivity index (χ4v) is 2.12. The Bertz CT molecular complexity index is 436. The molecule has 1 saturated heterocycles. The van der Waals surface area contributed by atoms with Crippen LogP contribution in [0.1, 0.15) is 5.56 Å². The first-order chi connectivity index (χ1) is 8.06. The summed E-state index contributed by atoms with van der Waals surface area (Å²) in [6.45, 7) is 2.80. The number of hydrogen-bond acceptors (Lipinski definition) is 3. The summed E-state index contributed by atoms with van der Waals surface area (Å²) in [5, 5.41) is 0.663. The van der Waals surface area contributed by atoms with E-state index in [0.29, 0.717) is 23.8 Å². The summed E-state index contributed by atoms with van der Waals surface area (Å²) >= 11 is 6.11. The Morgan fingerprint density at radius 2 is 2.18 bits per heavy atom. The van der Waals surface area contributed by atoms with Crippen LogP contribution in [0.25, 0.3) is 0 Å². The van der Waals surface area contributed by atoms with Gasteiger partial charge in [-0.1, -0.05) is 17.7 Å². The van der Waals surface area contributed by atoms with Gasteiger partial charge in [-0.2, -0.15) is 0 Å².